The van der Waals surface area contributed by atoms with E-state index in [9.17, 15) is 14.9 Å². The summed E-state index contributed by atoms with van der Waals surface area (Å²) in [5.74, 6) is 1.07. The first-order chi connectivity index (χ1) is 13.5. The maximum atomic E-state index is 12.0. The van der Waals surface area contributed by atoms with E-state index >= 15 is 0 Å². The van der Waals surface area contributed by atoms with Gasteiger partial charge in [-0.15, -0.1) is 0 Å². The molecule has 0 saturated heterocycles. The molecule has 0 aliphatic rings. The lowest BCUT2D eigenvalue weighted by molar-refractivity contribution is -0.385. The normalized spacial score (nSPS) is 10.6. The Morgan fingerprint density at radius 1 is 1.11 bits per heavy atom. The monoisotopic (exact) mass is 384 g/mol. The summed E-state index contributed by atoms with van der Waals surface area (Å²) in [5, 5.41) is 13.8. The number of hydrogen-bond acceptors (Lipinski definition) is 5. The van der Waals surface area contributed by atoms with Crippen molar-refractivity contribution in [3.05, 3.63) is 69.8 Å². The zero-order valence-corrected chi connectivity index (χ0v) is 16.0. The number of carbonyl (C=O) groups is 1. The molecule has 2 aromatic carbocycles. The smallest absolute Gasteiger partial charge is 0.276 e. The van der Waals surface area contributed by atoms with Crippen LogP contribution in [0.15, 0.2) is 48.5 Å². The van der Waals surface area contributed by atoms with Crippen LogP contribution in [0.1, 0.15) is 25.0 Å². The van der Waals surface area contributed by atoms with E-state index in [2.05, 4.69) is 5.32 Å². The number of nitro groups is 1. The quantitative estimate of drug-likeness (QED) is 0.383. The van der Waals surface area contributed by atoms with Gasteiger partial charge in [0.15, 0.2) is 11.5 Å². The van der Waals surface area contributed by atoms with Gasteiger partial charge in [-0.1, -0.05) is 18.2 Å². The van der Waals surface area contributed by atoms with E-state index in [4.69, 9.17) is 9.47 Å². The number of amides is 1. The van der Waals surface area contributed by atoms with Crippen LogP contribution >= 0.6 is 0 Å². The number of hydrogen-bond donors (Lipinski definition) is 1. The number of para-hydroxylation sites is 1. The molecule has 7 heteroatoms. The topological polar surface area (TPSA) is 90.7 Å². The lowest BCUT2D eigenvalue weighted by Crippen LogP contribution is -2.23. The summed E-state index contributed by atoms with van der Waals surface area (Å²) < 4.78 is 11.1. The summed E-state index contributed by atoms with van der Waals surface area (Å²) in [6, 6.07) is 12.0. The van der Waals surface area contributed by atoms with E-state index in [0.717, 1.165) is 5.56 Å². The van der Waals surface area contributed by atoms with Crippen LogP contribution in [0.3, 0.4) is 0 Å². The van der Waals surface area contributed by atoms with Gasteiger partial charge in [0, 0.05) is 18.7 Å². The maximum absolute atomic E-state index is 12.0. The first-order valence-electron chi connectivity index (χ1n) is 9.13. The zero-order valence-electron chi connectivity index (χ0n) is 16.0. The third-order valence-corrected chi connectivity index (χ3v) is 3.87. The number of benzene rings is 2. The Balaban J connectivity index is 1.92. The molecule has 0 unspecified atom stereocenters. The van der Waals surface area contributed by atoms with Crippen LogP contribution < -0.4 is 14.8 Å². The second-order valence-electron chi connectivity index (χ2n) is 5.84. The highest BCUT2D eigenvalue weighted by Gasteiger charge is 2.10. The van der Waals surface area contributed by atoms with Gasteiger partial charge in [-0.3, -0.25) is 14.9 Å². The molecule has 2 rings (SSSR count). The van der Waals surface area contributed by atoms with Gasteiger partial charge in [0.1, 0.15) is 0 Å². The molecule has 0 radical (unpaired) electrons. The molecule has 0 spiro atoms. The fourth-order valence-corrected chi connectivity index (χ4v) is 2.60. The van der Waals surface area contributed by atoms with E-state index in [0.29, 0.717) is 43.2 Å². The van der Waals surface area contributed by atoms with Gasteiger partial charge < -0.3 is 14.8 Å². The van der Waals surface area contributed by atoms with Gasteiger partial charge in [-0.25, -0.2) is 0 Å². The van der Waals surface area contributed by atoms with Gasteiger partial charge in [0.2, 0.25) is 5.91 Å². The molecule has 0 fully saturated rings. The predicted molar refractivity (Wildman–Crippen MR) is 108 cm³/mol. The van der Waals surface area contributed by atoms with Crippen LogP contribution in [-0.4, -0.2) is 30.6 Å². The Bertz CT molecular complexity index is 848. The van der Waals surface area contributed by atoms with Crippen LogP contribution in [0.5, 0.6) is 11.5 Å². The van der Waals surface area contributed by atoms with Crippen molar-refractivity contribution in [2.24, 2.45) is 0 Å². The summed E-state index contributed by atoms with van der Waals surface area (Å²) >= 11 is 0. The van der Waals surface area contributed by atoms with Gasteiger partial charge in [0.05, 0.1) is 23.7 Å². The van der Waals surface area contributed by atoms with Crippen molar-refractivity contribution in [2.45, 2.75) is 20.3 Å². The predicted octanol–water partition coefficient (Wildman–Crippen LogP) is 3.76. The van der Waals surface area contributed by atoms with Gasteiger partial charge in [-0.05, 0) is 50.1 Å². The highest BCUT2D eigenvalue weighted by molar-refractivity contribution is 5.92. The molecule has 28 heavy (non-hydrogen) atoms. The number of nitrogens with one attached hydrogen (secondary N) is 1. The molecule has 7 nitrogen and oxygen atoms in total. The fourth-order valence-electron chi connectivity index (χ4n) is 2.60. The Kier molecular flexibility index (Phi) is 8.02. The molecule has 0 heterocycles. The van der Waals surface area contributed by atoms with Crippen molar-refractivity contribution in [2.75, 3.05) is 19.8 Å². The van der Waals surface area contributed by atoms with E-state index in [1.807, 2.05) is 32.0 Å². The fraction of sp³-hybridized carbons (Fsp3) is 0.286. The van der Waals surface area contributed by atoms with Crippen molar-refractivity contribution in [1.29, 1.82) is 0 Å². The summed E-state index contributed by atoms with van der Waals surface area (Å²) in [7, 11) is 0. The minimum atomic E-state index is -0.473. The Hall–Kier alpha value is -3.35. The highest BCUT2D eigenvalue weighted by atomic mass is 16.6. The standard InChI is InChI=1S/C21H24N2O5/c1-3-27-19-11-9-16(15-20(19)28-4-2)13-14-22-21(24)12-10-17-7-5-6-8-18(17)23(25)26/h5-12,15H,3-4,13-14H2,1-2H3,(H,22,24). The third kappa shape index (κ3) is 6.12. The van der Waals surface area contributed by atoms with Crippen LogP contribution in [-0.2, 0) is 11.2 Å². The van der Waals surface area contributed by atoms with Crippen molar-refractivity contribution < 1.29 is 19.2 Å². The van der Waals surface area contributed by atoms with E-state index in [1.54, 1.807) is 18.2 Å². The van der Waals surface area contributed by atoms with Crippen LogP contribution in [0, 0.1) is 10.1 Å². The van der Waals surface area contributed by atoms with Crippen LogP contribution in [0.2, 0.25) is 0 Å². The molecule has 0 bridgehead atoms. The summed E-state index contributed by atoms with van der Waals surface area (Å²) in [6.45, 7) is 5.35. The molecular formula is C21H24N2O5. The van der Waals surface area contributed by atoms with E-state index < -0.39 is 4.92 Å². The molecule has 2 aromatic rings. The SMILES string of the molecule is CCOc1ccc(CCNC(=O)C=Cc2ccccc2[N+](=O)[O-])cc1OCC. The van der Waals surface area contributed by atoms with E-state index in [1.165, 1.54) is 18.2 Å². The van der Waals surface area contributed by atoms with E-state index in [-0.39, 0.29) is 11.6 Å². The summed E-state index contributed by atoms with van der Waals surface area (Å²) in [5.41, 5.74) is 1.36. The first-order valence-corrected chi connectivity index (χ1v) is 9.13. The number of nitro benzene ring substituents is 1. The molecule has 0 aliphatic carbocycles. The molecule has 1 amide bonds. The Morgan fingerprint density at radius 2 is 1.82 bits per heavy atom. The number of rotatable bonds is 10. The minimum absolute atomic E-state index is 0.0376. The third-order valence-electron chi connectivity index (χ3n) is 3.87. The first kappa shape index (κ1) is 21.0. The molecular weight excluding hydrogens is 360 g/mol. The van der Waals surface area contributed by atoms with Crippen molar-refractivity contribution in [3.8, 4) is 11.5 Å². The van der Waals surface area contributed by atoms with Crippen molar-refractivity contribution in [3.63, 3.8) is 0 Å². The highest BCUT2D eigenvalue weighted by Crippen LogP contribution is 2.28. The minimum Gasteiger partial charge on any atom is -0.490 e. The summed E-state index contributed by atoms with van der Waals surface area (Å²) in [6.07, 6.45) is 3.36. The van der Waals surface area contributed by atoms with Crippen molar-refractivity contribution >= 4 is 17.7 Å². The maximum Gasteiger partial charge on any atom is 0.276 e. The Morgan fingerprint density at radius 3 is 2.54 bits per heavy atom. The zero-order chi connectivity index (χ0) is 20.4. The molecule has 0 aromatic heterocycles. The largest absolute Gasteiger partial charge is 0.490 e. The number of carbonyl (C=O) groups excluding carboxylic acids is 1. The van der Waals surface area contributed by atoms with Crippen LogP contribution in [0.25, 0.3) is 6.08 Å². The lowest BCUT2D eigenvalue weighted by atomic mass is 10.1. The second-order valence-corrected chi connectivity index (χ2v) is 5.84. The molecule has 0 atom stereocenters. The number of nitrogens with zero attached hydrogens (tertiary/aromatic N) is 1. The molecule has 1 N–H and O–H groups in total. The summed E-state index contributed by atoms with van der Waals surface area (Å²) in [4.78, 5) is 22.5. The van der Waals surface area contributed by atoms with Gasteiger partial charge >= 0.3 is 0 Å². The van der Waals surface area contributed by atoms with Crippen LogP contribution in [0.4, 0.5) is 5.69 Å². The average molecular weight is 384 g/mol. The second kappa shape index (κ2) is 10.7. The molecule has 148 valence electrons. The van der Waals surface area contributed by atoms with Gasteiger partial charge in [0.25, 0.3) is 5.69 Å². The molecule has 0 aliphatic heterocycles. The lowest BCUT2D eigenvalue weighted by Gasteiger charge is -2.12. The molecule has 0 saturated carbocycles. The Labute approximate surface area is 164 Å². The number of ether oxygens (including phenoxy) is 2. The van der Waals surface area contributed by atoms with Crippen molar-refractivity contribution in [1.82, 2.24) is 5.32 Å². The average Bonchev–Trinajstić information content (AvgIpc) is 2.69. The van der Waals surface area contributed by atoms with Gasteiger partial charge in [-0.2, -0.15) is 0 Å².